The topological polar surface area (TPSA) is 114 Å². The van der Waals surface area contributed by atoms with E-state index in [4.69, 9.17) is 14.2 Å². The minimum Gasteiger partial charge on any atom is -0.496 e. The Labute approximate surface area is 222 Å². The van der Waals surface area contributed by atoms with Crippen molar-refractivity contribution < 1.29 is 33.7 Å². The van der Waals surface area contributed by atoms with E-state index in [0.29, 0.717) is 39.6 Å². The van der Waals surface area contributed by atoms with Crippen LogP contribution in [0.25, 0.3) is 12.2 Å². The molecule has 202 valence electrons. The number of carbonyl (C=O) groups excluding carboxylic acids is 2. The normalized spacial score (nSPS) is 13.9. The fourth-order valence-corrected chi connectivity index (χ4v) is 3.92. The largest absolute Gasteiger partial charge is 0.496 e. The quantitative estimate of drug-likeness (QED) is 0.347. The van der Waals surface area contributed by atoms with Gasteiger partial charge in [-0.25, -0.2) is 4.79 Å². The molecule has 0 atom stereocenters. The van der Waals surface area contributed by atoms with Crippen LogP contribution in [0.15, 0.2) is 42.5 Å². The zero-order chi connectivity index (χ0) is 28.3. The Kier molecular flexibility index (Phi) is 8.19. The Morgan fingerprint density at radius 2 is 1.74 bits per heavy atom. The first kappa shape index (κ1) is 28.3. The summed E-state index contributed by atoms with van der Waals surface area (Å²) in [5, 5.41) is 12.2. The zero-order valence-electron chi connectivity index (χ0n) is 22.7. The molecule has 0 spiro atoms. The molecule has 9 heteroatoms. The van der Waals surface area contributed by atoms with Gasteiger partial charge in [0, 0.05) is 5.54 Å². The third-order valence-electron chi connectivity index (χ3n) is 5.93. The molecule has 0 saturated carbocycles. The lowest BCUT2D eigenvalue weighted by Crippen LogP contribution is -2.48. The molecule has 0 fully saturated rings. The van der Waals surface area contributed by atoms with Gasteiger partial charge in [-0.1, -0.05) is 12.1 Å². The molecule has 2 aromatic rings. The van der Waals surface area contributed by atoms with E-state index in [1.54, 1.807) is 64.3 Å². The van der Waals surface area contributed by atoms with Crippen molar-refractivity contribution in [2.75, 3.05) is 26.1 Å². The summed E-state index contributed by atoms with van der Waals surface area (Å²) >= 11 is 0. The van der Waals surface area contributed by atoms with E-state index in [1.165, 1.54) is 13.2 Å². The van der Waals surface area contributed by atoms with Gasteiger partial charge < -0.3 is 24.6 Å². The predicted molar refractivity (Wildman–Crippen MR) is 146 cm³/mol. The smallest absolute Gasteiger partial charge is 0.408 e. The first-order valence-electron chi connectivity index (χ1n) is 12.1. The Morgan fingerprint density at radius 3 is 2.34 bits per heavy atom. The van der Waals surface area contributed by atoms with Crippen LogP contribution in [0.3, 0.4) is 0 Å². The molecule has 0 unspecified atom stereocenters. The maximum Gasteiger partial charge on any atom is 0.408 e. The lowest BCUT2D eigenvalue weighted by Gasteiger charge is -2.32. The molecule has 1 aliphatic rings. The van der Waals surface area contributed by atoms with Gasteiger partial charge in [0.1, 0.15) is 29.4 Å². The highest BCUT2D eigenvalue weighted by Crippen LogP contribution is 2.40. The molecule has 2 N–H and O–H groups in total. The molecule has 1 heterocycles. The highest BCUT2D eigenvalue weighted by atomic mass is 16.5. The van der Waals surface area contributed by atoms with Crippen molar-refractivity contribution in [3.8, 4) is 17.2 Å². The number of ketones is 1. The molecular weight excluding hydrogens is 488 g/mol. The SMILES string of the molecule is COc1ccc(C=CC(=O)c2ccc(OC)c3c2OC(C)(C)C=C3)cc1NC(=O)CN(C(=O)O)C(C)(C)C. The van der Waals surface area contributed by atoms with E-state index < -0.39 is 23.1 Å². The number of hydrogen-bond acceptors (Lipinski definition) is 6. The number of carbonyl (C=O) groups is 3. The minimum atomic E-state index is -1.20. The summed E-state index contributed by atoms with van der Waals surface area (Å²) in [5.74, 6) is 0.673. The summed E-state index contributed by atoms with van der Waals surface area (Å²) in [4.78, 5) is 38.5. The lowest BCUT2D eigenvalue weighted by atomic mass is 9.97. The standard InChI is InChI=1S/C29H34N2O7/c1-28(2,3)31(27(34)35)17-25(33)30-21-16-18(9-12-24(21)37-7)8-11-22(32)19-10-13-23(36-6)20-14-15-29(4,5)38-26(19)20/h8-16H,17H2,1-7H3,(H,30,33)(H,34,35). The average molecular weight is 523 g/mol. The summed E-state index contributed by atoms with van der Waals surface area (Å²) in [5.41, 5.74) is 0.740. The zero-order valence-corrected chi connectivity index (χ0v) is 22.7. The predicted octanol–water partition coefficient (Wildman–Crippen LogP) is 5.50. The summed E-state index contributed by atoms with van der Waals surface area (Å²) in [7, 11) is 3.03. The second kappa shape index (κ2) is 11.0. The monoisotopic (exact) mass is 522 g/mol. The average Bonchev–Trinajstić information content (AvgIpc) is 2.83. The van der Waals surface area contributed by atoms with Crippen LogP contribution in [-0.2, 0) is 4.79 Å². The molecule has 9 nitrogen and oxygen atoms in total. The number of nitrogens with one attached hydrogen (secondary N) is 1. The van der Waals surface area contributed by atoms with Crippen molar-refractivity contribution >= 4 is 35.6 Å². The number of hydrogen-bond donors (Lipinski definition) is 2. The maximum absolute atomic E-state index is 13.2. The van der Waals surface area contributed by atoms with Gasteiger partial charge in [0.2, 0.25) is 5.91 Å². The molecule has 38 heavy (non-hydrogen) atoms. The van der Waals surface area contributed by atoms with Crippen LogP contribution in [0.1, 0.15) is 56.1 Å². The molecule has 2 amide bonds. The Hall–Kier alpha value is -4.27. The lowest BCUT2D eigenvalue weighted by molar-refractivity contribution is -0.118. The summed E-state index contributed by atoms with van der Waals surface area (Å²) < 4.78 is 16.9. The molecule has 0 aliphatic carbocycles. The number of nitrogens with zero attached hydrogens (tertiary/aromatic N) is 1. The molecule has 0 bridgehead atoms. The Balaban J connectivity index is 1.85. The number of fused-ring (bicyclic) bond motifs is 1. The second-order valence-corrected chi connectivity index (χ2v) is 10.3. The summed E-state index contributed by atoms with van der Waals surface area (Å²) in [6.07, 6.45) is 5.65. The number of carboxylic acid groups (broad SMARTS) is 1. The molecular formula is C29H34N2O7. The van der Waals surface area contributed by atoms with Gasteiger partial charge in [0.25, 0.3) is 0 Å². The number of anilines is 1. The molecule has 0 radical (unpaired) electrons. The number of ether oxygens (including phenoxy) is 3. The number of rotatable bonds is 8. The van der Waals surface area contributed by atoms with Crippen molar-refractivity contribution in [3.63, 3.8) is 0 Å². The van der Waals surface area contributed by atoms with Gasteiger partial charge >= 0.3 is 6.09 Å². The van der Waals surface area contributed by atoms with Crippen LogP contribution in [0.4, 0.5) is 10.5 Å². The number of allylic oxidation sites excluding steroid dienone is 1. The Morgan fingerprint density at radius 1 is 1.08 bits per heavy atom. The summed E-state index contributed by atoms with van der Waals surface area (Å²) in [6.45, 7) is 8.58. The number of benzene rings is 2. The number of amides is 2. The summed E-state index contributed by atoms with van der Waals surface area (Å²) in [6, 6.07) is 8.44. The van der Waals surface area contributed by atoms with Crippen molar-refractivity contribution in [1.82, 2.24) is 4.90 Å². The van der Waals surface area contributed by atoms with Crippen LogP contribution in [0.5, 0.6) is 17.2 Å². The second-order valence-electron chi connectivity index (χ2n) is 10.3. The van der Waals surface area contributed by atoms with Gasteiger partial charge in [0.05, 0.1) is 31.0 Å². The molecule has 0 aromatic heterocycles. The van der Waals surface area contributed by atoms with Crippen LogP contribution in [0.2, 0.25) is 0 Å². The maximum atomic E-state index is 13.2. The van der Waals surface area contributed by atoms with Crippen molar-refractivity contribution in [2.45, 2.75) is 45.8 Å². The van der Waals surface area contributed by atoms with E-state index in [2.05, 4.69) is 5.32 Å². The van der Waals surface area contributed by atoms with Crippen molar-refractivity contribution in [3.05, 3.63) is 59.2 Å². The van der Waals surface area contributed by atoms with Crippen LogP contribution in [-0.4, -0.2) is 59.7 Å². The molecule has 3 rings (SSSR count). The molecule has 1 aliphatic heterocycles. The Bertz CT molecular complexity index is 1300. The van der Waals surface area contributed by atoms with Crippen LogP contribution >= 0.6 is 0 Å². The van der Waals surface area contributed by atoms with E-state index in [-0.39, 0.29) is 12.3 Å². The van der Waals surface area contributed by atoms with E-state index in [1.807, 2.05) is 26.0 Å². The molecule has 0 saturated heterocycles. The van der Waals surface area contributed by atoms with Crippen LogP contribution in [0, 0.1) is 0 Å². The van der Waals surface area contributed by atoms with E-state index in [9.17, 15) is 19.5 Å². The fourth-order valence-electron chi connectivity index (χ4n) is 3.92. The van der Waals surface area contributed by atoms with E-state index >= 15 is 0 Å². The van der Waals surface area contributed by atoms with Gasteiger partial charge in [-0.05, 0) is 82.7 Å². The van der Waals surface area contributed by atoms with Gasteiger partial charge in [-0.2, -0.15) is 0 Å². The first-order chi connectivity index (χ1) is 17.8. The van der Waals surface area contributed by atoms with Gasteiger partial charge in [-0.15, -0.1) is 0 Å². The third kappa shape index (κ3) is 6.53. The van der Waals surface area contributed by atoms with Crippen molar-refractivity contribution in [2.24, 2.45) is 0 Å². The fraction of sp³-hybridized carbons (Fsp3) is 0.345. The molecule has 2 aromatic carbocycles. The van der Waals surface area contributed by atoms with Crippen molar-refractivity contribution in [1.29, 1.82) is 0 Å². The first-order valence-corrected chi connectivity index (χ1v) is 12.1. The highest BCUT2D eigenvalue weighted by molar-refractivity contribution is 6.09. The minimum absolute atomic E-state index is 0.265. The number of methoxy groups -OCH3 is 2. The third-order valence-corrected chi connectivity index (χ3v) is 5.93. The van der Waals surface area contributed by atoms with E-state index in [0.717, 1.165) is 4.90 Å². The highest BCUT2D eigenvalue weighted by Gasteiger charge is 2.29. The van der Waals surface area contributed by atoms with Gasteiger partial charge in [-0.3, -0.25) is 14.5 Å². The van der Waals surface area contributed by atoms with Gasteiger partial charge in [0.15, 0.2) is 5.78 Å². The van der Waals surface area contributed by atoms with Crippen LogP contribution < -0.4 is 19.5 Å².